The van der Waals surface area contributed by atoms with Gasteiger partial charge in [-0.15, -0.1) is 0 Å². The first-order chi connectivity index (χ1) is 13.2. The number of hydrogen-bond donors (Lipinski definition) is 1. The summed E-state index contributed by atoms with van der Waals surface area (Å²) in [7, 11) is 0. The Hall–Kier alpha value is -1.16. The molecule has 0 aromatic heterocycles. The fourth-order valence-corrected chi connectivity index (χ4v) is 7.56. The van der Waals surface area contributed by atoms with Gasteiger partial charge in [-0.05, 0) is 91.9 Å². The summed E-state index contributed by atoms with van der Waals surface area (Å²) in [5, 5.41) is 10.3. The van der Waals surface area contributed by atoms with Crippen LogP contribution in [0.4, 0.5) is 4.39 Å². The lowest BCUT2D eigenvalue weighted by Gasteiger charge is -2.59. The third-order valence-electron chi connectivity index (χ3n) is 9.14. The van der Waals surface area contributed by atoms with E-state index in [1.807, 2.05) is 0 Å². The van der Waals surface area contributed by atoms with E-state index in [1.54, 1.807) is 6.92 Å². The molecule has 0 spiro atoms. The van der Waals surface area contributed by atoms with Crippen molar-refractivity contribution in [2.75, 3.05) is 6.61 Å². The maximum atomic E-state index is 14.9. The van der Waals surface area contributed by atoms with Crippen molar-refractivity contribution < 1.29 is 19.0 Å². The van der Waals surface area contributed by atoms with Crippen LogP contribution in [-0.2, 0) is 9.53 Å². The summed E-state index contributed by atoms with van der Waals surface area (Å²) in [4.78, 5) is 12.1. The Morgan fingerprint density at radius 2 is 2.07 bits per heavy atom. The van der Waals surface area contributed by atoms with Crippen LogP contribution in [0.5, 0.6) is 0 Å². The molecular weight excluding hydrogens is 355 g/mol. The molecule has 4 rings (SSSR count). The number of carbonyl (C=O) groups excluding carboxylic acids is 1. The van der Waals surface area contributed by atoms with Crippen molar-refractivity contribution >= 4 is 5.97 Å². The van der Waals surface area contributed by atoms with Crippen LogP contribution < -0.4 is 0 Å². The minimum absolute atomic E-state index is 0.148. The average molecular weight is 391 g/mol. The van der Waals surface area contributed by atoms with Crippen molar-refractivity contribution in [3.05, 3.63) is 23.0 Å². The fourth-order valence-electron chi connectivity index (χ4n) is 7.56. The molecule has 0 aromatic carbocycles. The largest absolute Gasteiger partial charge is 0.461 e. The summed E-state index contributed by atoms with van der Waals surface area (Å²) in [5.41, 5.74) is 2.09. The van der Waals surface area contributed by atoms with E-state index in [0.29, 0.717) is 35.7 Å². The number of fused-ring (bicyclic) bond motifs is 5. The number of aliphatic hydroxyl groups excluding tert-OH is 1. The quantitative estimate of drug-likeness (QED) is 0.393. The van der Waals surface area contributed by atoms with Gasteiger partial charge in [0.25, 0.3) is 0 Å². The van der Waals surface area contributed by atoms with Crippen LogP contribution in [0.1, 0.15) is 72.6 Å². The van der Waals surface area contributed by atoms with E-state index >= 15 is 0 Å². The Morgan fingerprint density at radius 1 is 1.32 bits per heavy atom. The monoisotopic (exact) mass is 390 g/mol. The molecule has 4 aliphatic rings. The SMILES string of the molecule is CCOC(=O)C(F)=C1CC[C@H]2[C@@H]3CC=C4C[C@@H](O)C[C@H](C)[C@]4(C)[C@H]3CC[C@]12C. The number of rotatable bonds is 2. The predicted octanol–water partition coefficient (Wildman–Crippen LogP) is 5.34. The molecule has 156 valence electrons. The van der Waals surface area contributed by atoms with Crippen molar-refractivity contribution in [1.29, 1.82) is 0 Å². The summed E-state index contributed by atoms with van der Waals surface area (Å²) in [6.45, 7) is 8.83. The predicted molar refractivity (Wildman–Crippen MR) is 107 cm³/mol. The first-order valence-electron chi connectivity index (χ1n) is 11.2. The first kappa shape index (κ1) is 20.1. The third kappa shape index (κ3) is 2.74. The molecule has 7 atom stereocenters. The van der Waals surface area contributed by atoms with E-state index < -0.39 is 11.8 Å². The van der Waals surface area contributed by atoms with Gasteiger partial charge in [0, 0.05) is 0 Å². The number of aliphatic hydroxyl groups is 1. The van der Waals surface area contributed by atoms with Crippen LogP contribution in [-0.4, -0.2) is 23.8 Å². The van der Waals surface area contributed by atoms with E-state index in [0.717, 1.165) is 38.5 Å². The van der Waals surface area contributed by atoms with Crippen LogP contribution in [0.3, 0.4) is 0 Å². The van der Waals surface area contributed by atoms with Gasteiger partial charge in [0.1, 0.15) is 0 Å². The lowest BCUT2D eigenvalue weighted by molar-refractivity contribution is -0.140. The molecule has 0 bridgehead atoms. The van der Waals surface area contributed by atoms with Gasteiger partial charge >= 0.3 is 5.97 Å². The first-order valence-corrected chi connectivity index (χ1v) is 11.2. The molecule has 0 aliphatic heterocycles. The van der Waals surface area contributed by atoms with Crippen molar-refractivity contribution in [2.24, 2.45) is 34.5 Å². The van der Waals surface area contributed by atoms with Gasteiger partial charge in [0.2, 0.25) is 5.83 Å². The van der Waals surface area contributed by atoms with Crippen molar-refractivity contribution in [3.63, 3.8) is 0 Å². The Balaban J connectivity index is 1.67. The number of hydrogen-bond acceptors (Lipinski definition) is 3. The zero-order valence-electron chi connectivity index (χ0n) is 17.8. The highest BCUT2D eigenvalue weighted by atomic mass is 19.1. The zero-order valence-corrected chi connectivity index (χ0v) is 17.8. The number of esters is 1. The molecule has 1 N–H and O–H groups in total. The Kier molecular flexibility index (Phi) is 5.01. The standard InChI is InChI=1S/C24H35FO3/c1-5-28-22(27)21(25)20-9-8-18-17-7-6-15-13-16(26)12-14(2)24(15,4)19(17)10-11-23(18,20)3/h6,14,16-19,26H,5,7-13H2,1-4H3/t14-,16-,17-,18-,19-,23-,24-/m0/s1. The second kappa shape index (κ2) is 6.97. The van der Waals surface area contributed by atoms with Crippen LogP contribution >= 0.6 is 0 Å². The Bertz CT molecular complexity index is 725. The summed E-state index contributed by atoms with van der Waals surface area (Å²) >= 11 is 0. The number of allylic oxidation sites excluding steroid dienone is 2. The summed E-state index contributed by atoms with van der Waals surface area (Å²) in [6, 6.07) is 0. The van der Waals surface area contributed by atoms with Crippen molar-refractivity contribution in [3.8, 4) is 0 Å². The molecule has 0 aromatic rings. The molecule has 4 heteroatoms. The molecule has 0 radical (unpaired) electrons. The summed E-state index contributed by atoms with van der Waals surface area (Å²) < 4.78 is 19.9. The second-order valence-corrected chi connectivity index (χ2v) is 10.1. The van der Waals surface area contributed by atoms with E-state index in [9.17, 15) is 14.3 Å². The minimum Gasteiger partial charge on any atom is -0.461 e. The van der Waals surface area contributed by atoms with Crippen molar-refractivity contribution in [1.82, 2.24) is 0 Å². The second-order valence-electron chi connectivity index (χ2n) is 10.1. The van der Waals surface area contributed by atoms with Crippen LogP contribution in [0.25, 0.3) is 0 Å². The van der Waals surface area contributed by atoms with Crippen LogP contribution in [0.15, 0.2) is 23.0 Å². The molecule has 4 aliphatic carbocycles. The van der Waals surface area contributed by atoms with E-state index in [2.05, 4.69) is 26.8 Å². The smallest absolute Gasteiger partial charge is 0.367 e. The maximum absolute atomic E-state index is 14.9. The summed E-state index contributed by atoms with van der Waals surface area (Å²) in [6.07, 6.45) is 8.58. The molecule has 3 saturated carbocycles. The Morgan fingerprint density at radius 3 is 2.79 bits per heavy atom. The molecule has 28 heavy (non-hydrogen) atoms. The normalized spacial score (nSPS) is 46.8. The number of ether oxygens (including phenoxy) is 1. The molecule has 3 fully saturated rings. The van der Waals surface area contributed by atoms with E-state index in [1.165, 1.54) is 5.57 Å². The highest BCUT2D eigenvalue weighted by molar-refractivity contribution is 5.87. The topological polar surface area (TPSA) is 46.5 Å². The third-order valence-corrected chi connectivity index (χ3v) is 9.14. The van der Waals surface area contributed by atoms with Gasteiger partial charge < -0.3 is 9.84 Å². The van der Waals surface area contributed by atoms with E-state index in [-0.39, 0.29) is 23.5 Å². The van der Waals surface area contributed by atoms with Gasteiger partial charge in [-0.1, -0.05) is 32.4 Å². The van der Waals surface area contributed by atoms with Gasteiger partial charge in [0.15, 0.2) is 0 Å². The van der Waals surface area contributed by atoms with Gasteiger partial charge in [0.05, 0.1) is 12.7 Å². The molecule has 0 amide bonds. The lowest BCUT2D eigenvalue weighted by Crippen LogP contribution is -2.52. The van der Waals surface area contributed by atoms with E-state index in [4.69, 9.17) is 4.74 Å². The molecule has 0 saturated heterocycles. The molecule has 0 unspecified atom stereocenters. The zero-order chi connectivity index (χ0) is 20.3. The highest BCUT2D eigenvalue weighted by Crippen LogP contribution is 2.67. The summed E-state index contributed by atoms with van der Waals surface area (Å²) in [5.74, 6) is 0.616. The van der Waals surface area contributed by atoms with Crippen LogP contribution in [0, 0.1) is 34.5 Å². The lowest BCUT2D eigenvalue weighted by atomic mass is 9.45. The van der Waals surface area contributed by atoms with Gasteiger partial charge in [-0.2, -0.15) is 4.39 Å². The minimum atomic E-state index is -0.783. The van der Waals surface area contributed by atoms with Crippen molar-refractivity contribution in [2.45, 2.75) is 78.7 Å². The molecular formula is C24H35FO3. The number of halogens is 1. The Labute approximate surface area is 168 Å². The molecule has 0 heterocycles. The van der Waals surface area contributed by atoms with Gasteiger partial charge in [-0.3, -0.25) is 0 Å². The average Bonchev–Trinajstić information content (AvgIpc) is 3.00. The highest BCUT2D eigenvalue weighted by Gasteiger charge is 2.59. The van der Waals surface area contributed by atoms with Gasteiger partial charge in [-0.25, -0.2) is 4.79 Å². The fraction of sp³-hybridized carbons (Fsp3) is 0.792. The molecule has 3 nitrogen and oxygen atoms in total. The van der Waals surface area contributed by atoms with Crippen LogP contribution in [0.2, 0.25) is 0 Å². The maximum Gasteiger partial charge on any atom is 0.367 e. The number of carbonyl (C=O) groups is 1.